The minimum atomic E-state index is -0.980. The second kappa shape index (κ2) is 21.2. The average molecular weight is 741 g/mol. The Labute approximate surface area is 309 Å². The molecule has 3 atom stereocenters. The van der Waals surface area contributed by atoms with Gasteiger partial charge in [0.1, 0.15) is 5.75 Å². The number of nitrogens with zero attached hydrogens (tertiary/aromatic N) is 2. The highest BCUT2D eigenvalue weighted by molar-refractivity contribution is 7.85. The molecule has 9 nitrogen and oxygen atoms in total. The molecule has 2 aliphatic rings. The molecule has 0 N–H and O–H groups in total. The van der Waals surface area contributed by atoms with Crippen LogP contribution in [0.2, 0.25) is 0 Å². The maximum Gasteiger partial charge on any atom is 0.410 e. The van der Waals surface area contributed by atoms with E-state index in [0.717, 1.165) is 64.8 Å². The minimum Gasteiger partial charge on any atom is -0.492 e. The normalized spacial score (nSPS) is 15.8. The van der Waals surface area contributed by atoms with Gasteiger partial charge in [-0.15, -0.1) is 0 Å². The molecule has 51 heavy (non-hydrogen) atoms. The maximum absolute atomic E-state index is 12.3. The number of fused-ring (bicyclic) bond motifs is 1. The molecule has 0 bridgehead atoms. The third-order valence-corrected chi connectivity index (χ3v) is 11.7. The number of unbranched alkanes of at least 4 members (excludes halogenated alkanes) is 5. The summed E-state index contributed by atoms with van der Waals surface area (Å²) in [5.74, 6) is 3.61. The number of amides is 1. The number of carbonyl (C=O) groups is 1. The fourth-order valence-corrected chi connectivity index (χ4v) is 7.73. The number of hydrogen-bond acceptors (Lipinski definition) is 8. The lowest BCUT2D eigenvalue weighted by Gasteiger charge is -2.31. The van der Waals surface area contributed by atoms with Crippen molar-refractivity contribution in [2.75, 3.05) is 38.5 Å². The van der Waals surface area contributed by atoms with Crippen LogP contribution in [0.15, 0.2) is 65.7 Å². The van der Waals surface area contributed by atoms with E-state index in [0.29, 0.717) is 32.4 Å². The number of piperidine rings is 1. The SMILES string of the molecule is CC(C)OC(=O)N1CCC(COc2ccc(-c3ccc(S(C)=O)cc3)nc2)CC1.CCCCCCCCS(=O)C(C)Cc1ccc2c(c1)OCO2. The van der Waals surface area contributed by atoms with Crippen LogP contribution in [0, 0.1) is 5.92 Å². The van der Waals surface area contributed by atoms with Crippen LogP contribution >= 0.6 is 0 Å². The van der Waals surface area contributed by atoms with E-state index in [1.807, 2.05) is 68.4 Å². The molecular formula is C40H56N2O7S2. The second-order valence-corrected chi connectivity index (χ2v) is 16.9. The van der Waals surface area contributed by atoms with Crippen molar-refractivity contribution in [3.8, 4) is 28.5 Å². The summed E-state index contributed by atoms with van der Waals surface area (Å²) in [5.41, 5.74) is 3.00. The van der Waals surface area contributed by atoms with E-state index in [2.05, 4.69) is 18.8 Å². The number of carbonyl (C=O) groups excluding carboxylic acids is 1. The smallest absolute Gasteiger partial charge is 0.410 e. The highest BCUT2D eigenvalue weighted by Crippen LogP contribution is 2.33. The number of aromatic nitrogens is 1. The molecule has 11 heteroatoms. The van der Waals surface area contributed by atoms with Crippen LogP contribution in [0.4, 0.5) is 4.79 Å². The molecule has 3 aromatic rings. The lowest BCUT2D eigenvalue weighted by molar-refractivity contribution is 0.0608. The second-order valence-electron chi connectivity index (χ2n) is 13.6. The molecule has 0 saturated carbocycles. The van der Waals surface area contributed by atoms with E-state index in [9.17, 15) is 13.2 Å². The number of likely N-dealkylation sites (tertiary alicyclic amines) is 1. The highest BCUT2D eigenvalue weighted by atomic mass is 32.2. The van der Waals surface area contributed by atoms with Crippen molar-refractivity contribution in [1.29, 1.82) is 0 Å². The van der Waals surface area contributed by atoms with Crippen LogP contribution in [0.25, 0.3) is 11.3 Å². The Morgan fingerprint density at radius 2 is 1.63 bits per heavy atom. The van der Waals surface area contributed by atoms with Gasteiger partial charge in [-0.3, -0.25) is 13.4 Å². The molecule has 0 radical (unpaired) electrons. The Hall–Kier alpha value is -3.44. The van der Waals surface area contributed by atoms with Crippen LogP contribution in [-0.2, 0) is 32.8 Å². The van der Waals surface area contributed by atoms with E-state index >= 15 is 0 Å². The van der Waals surface area contributed by atoms with Gasteiger partial charge in [0.05, 0.1) is 24.6 Å². The van der Waals surface area contributed by atoms with E-state index in [1.165, 1.54) is 37.7 Å². The molecule has 1 aromatic heterocycles. The summed E-state index contributed by atoms with van der Waals surface area (Å²) in [6, 6.07) is 17.4. The quantitative estimate of drug-likeness (QED) is 0.135. The minimum absolute atomic E-state index is 0.0902. The number of hydrogen-bond donors (Lipinski definition) is 0. The zero-order valence-corrected chi connectivity index (χ0v) is 32.6. The molecule has 3 unspecified atom stereocenters. The monoisotopic (exact) mass is 740 g/mol. The first-order valence-corrected chi connectivity index (χ1v) is 21.3. The van der Waals surface area contributed by atoms with Crippen molar-refractivity contribution in [1.82, 2.24) is 9.88 Å². The maximum atomic E-state index is 12.3. The zero-order chi connectivity index (χ0) is 36.6. The average Bonchev–Trinajstić information content (AvgIpc) is 3.61. The lowest BCUT2D eigenvalue weighted by Crippen LogP contribution is -2.40. The largest absolute Gasteiger partial charge is 0.492 e. The van der Waals surface area contributed by atoms with Gasteiger partial charge >= 0.3 is 6.09 Å². The molecule has 5 rings (SSSR count). The first-order chi connectivity index (χ1) is 24.6. The first kappa shape index (κ1) is 40.3. The highest BCUT2D eigenvalue weighted by Gasteiger charge is 2.25. The molecule has 280 valence electrons. The standard InChI is InChI=1S/C22H28N2O4S.C18H28O3S/c1-16(2)28-22(25)24-12-10-17(11-13-24)15-27-19-6-9-21(23-14-19)18-4-7-20(8-5-18)29(3)26;1-3-4-5-6-7-8-11-22(19)15(2)12-16-9-10-17-18(13-16)21-14-20-17/h4-9,14,16-17H,10-13,15H2,1-3H3;9-10,13,15H,3-8,11-12,14H2,1-2H3. The van der Waals surface area contributed by atoms with Crippen LogP contribution in [-0.4, -0.2) is 74.2 Å². The summed E-state index contributed by atoms with van der Waals surface area (Å²) >= 11 is 0. The van der Waals surface area contributed by atoms with Crippen LogP contribution in [0.1, 0.15) is 84.6 Å². The van der Waals surface area contributed by atoms with Gasteiger partial charge < -0.3 is 23.8 Å². The Kier molecular flexibility index (Phi) is 16.7. The predicted molar refractivity (Wildman–Crippen MR) is 206 cm³/mol. The number of benzene rings is 2. The summed E-state index contributed by atoms with van der Waals surface area (Å²) in [6.07, 6.45) is 13.2. The summed E-state index contributed by atoms with van der Waals surface area (Å²) < 4.78 is 45.7. The Morgan fingerprint density at radius 3 is 2.29 bits per heavy atom. The van der Waals surface area contributed by atoms with Crippen LogP contribution in [0.3, 0.4) is 0 Å². The molecule has 2 aliphatic heterocycles. The number of rotatable bonds is 16. The van der Waals surface area contributed by atoms with Gasteiger partial charge in [0, 0.05) is 62.4 Å². The van der Waals surface area contributed by atoms with Crippen LogP contribution in [0.5, 0.6) is 17.2 Å². The number of ether oxygens (including phenoxy) is 4. The molecular weight excluding hydrogens is 685 g/mol. The third-order valence-electron chi connectivity index (χ3n) is 9.02. The van der Waals surface area contributed by atoms with Gasteiger partial charge in [-0.05, 0) is 87.4 Å². The summed E-state index contributed by atoms with van der Waals surface area (Å²) in [7, 11) is -1.72. The van der Waals surface area contributed by atoms with Gasteiger partial charge in [-0.2, -0.15) is 0 Å². The first-order valence-electron chi connectivity index (χ1n) is 18.4. The summed E-state index contributed by atoms with van der Waals surface area (Å²) in [5, 5.41) is 0.191. The Morgan fingerprint density at radius 1 is 0.922 bits per heavy atom. The molecule has 0 spiro atoms. The predicted octanol–water partition coefficient (Wildman–Crippen LogP) is 8.58. The van der Waals surface area contributed by atoms with Crippen molar-refractivity contribution >= 4 is 27.7 Å². The zero-order valence-electron chi connectivity index (χ0n) is 31.0. The molecule has 0 aliphatic carbocycles. The van der Waals surface area contributed by atoms with Gasteiger partial charge in [0.2, 0.25) is 6.79 Å². The van der Waals surface area contributed by atoms with Crippen molar-refractivity contribution in [3.63, 3.8) is 0 Å². The molecule has 1 saturated heterocycles. The lowest BCUT2D eigenvalue weighted by atomic mass is 9.98. The van der Waals surface area contributed by atoms with Gasteiger partial charge in [-0.25, -0.2) is 4.79 Å². The topological polar surface area (TPSA) is 104 Å². The fourth-order valence-electron chi connectivity index (χ4n) is 5.94. The van der Waals surface area contributed by atoms with E-state index in [-0.39, 0.29) is 17.4 Å². The summed E-state index contributed by atoms with van der Waals surface area (Å²) in [4.78, 5) is 19.0. The number of pyridine rings is 1. The Balaban J connectivity index is 0.000000238. The molecule has 2 aromatic carbocycles. The van der Waals surface area contributed by atoms with Crippen molar-refractivity contribution < 1.29 is 32.2 Å². The van der Waals surface area contributed by atoms with Gasteiger partial charge in [-0.1, -0.05) is 64.2 Å². The molecule has 3 heterocycles. The summed E-state index contributed by atoms with van der Waals surface area (Å²) in [6.45, 7) is 10.4. The fraction of sp³-hybridized carbons (Fsp3) is 0.550. The molecule has 1 fully saturated rings. The van der Waals surface area contributed by atoms with Gasteiger partial charge in [0.15, 0.2) is 11.5 Å². The van der Waals surface area contributed by atoms with E-state index < -0.39 is 21.6 Å². The third kappa shape index (κ3) is 13.6. The van der Waals surface area contributed by atoms with Crippen molar-refractivity contribution in [3.05, 3.63) is 66.4 Å². The van der Waals surface area contributed by atoms with Crippen molar-refractivity contribution in [2.45, 2.75) is 102 Å². The van der Waals surface area contributed by atoms with E-state index in [4.69, 9.17) is 18.9 Å². The van der Waals surface area contributed by atoms with Crippen LogP contribution < -0.4 is 14.2 Å². The van der Waals surface area contributed by atoms with Crippen molar-refractivity contribution in [2.24, 2.45) is 5.92 Å². The van der Waals surface area contributed by atoms with E-state index in [1.54, 1.807) is 17.4 Å². The Bertz CT molecular complexity index is 1540. The van der Waals surface area contributed by atoms with Gasteiger partial charge in [0.25, 0.3) is 0 Å². The molecule has 1 amide bonds.